The molecule has 0 spiro atoms. The first-order valence-corrected chi connectivity index (χ1v) is 8.73. The Morgan fingerprint density at radius 2 is 2.08 bits per heavy atom. The number of rotatable bonds is 4. The van der Waals surface area contributed by atoms with E-state index in [9.17, 15) is 4.79 Å². The van der Waals surface area contributed by atoms with Gasteiger partial charge in [-0.2, -0.15) is 0 Å². The molecule has 1 amide bonds. The van der Waals surface area contributed by atoms with Gasteiger partial charge in [-0.15, -0.1) is 17.5 Å². The summed E-state index contributed by atoms with van der Waals surface area (Å²) in [6.07, 6.45) is 4.37. The summed E-state index contributed by atoms with van der Waals surface area (Å²) >= 11 is 6.05. The van der Waals surface area contributed by atoms with Gasteiger partial charge in [-0.3, -0.25) is 4.79 Å². The number of hydrogen-bond acceptors (Lipinski definition) is 4. The van der Waals surface area contributed by atoms with E-state index in [-0.39, 0.29) is 30.4 Å². The molecule has 0 saturated heterocycles. The summed E-state index contributed by atoms with van der Waals surface area (Å²) in [5, 5.41) is 11.9. The van der Waals surface area contributed by atoms with Gasteiger partial charge in [0.25, 0.3) is 5.91 Å². The van der Waals surface area contributed by atoms with Gasteiger partial charge in [0, 0.05) is 17.1 Å². The van der Waals surface area contributed by atoms with E-state index in [1.807, 2.05) is 19.1 Å². The molecule has 1 aliphatic rings. The maximum Gasteiger partial charge on any atom is 0.273 e. The molecular formula is C17H23Cl2N5O. The summed E-state index contributed by atoms with van der Waals surface area (Å²) in [5.74, 6) is -0.166. The molecule has 1 aliphatic carbocycles. The summed E-state index contributed by atoms with van der Waals surface area (Å²) in [6.45, 7) is 1.98. The van der Waals surface area contributed by atoms with Crippen LogP contribution in [0.3, 0.4) is 0 Å². The van der Waals surface area contributed by atoms with E-state index in [0.29, 0.717) is 17.1 Å². The van der Waals surface area contributed by atoms with Gasteiger partial charge < -0.3 is 11.1 Å². The topological polar surface area (TPSA) is 85.8 Å². The van der Waals surface area contributed by atoms with Crippen LogP contribution in [-0.4, -0.2) is 33.0 Å². The van der Waals surface area contributed by atoms with Crippen LogP contribution in [0, 0.1) is 0 Å². The molecule has 25 heavy (non-hydrogen) atoms. The predicted octanol–water partition coefficient (Wildman–Crippen LogP) is 2.90. The first-order valence-electron chi connectivity index (χ1n) is 8.35. The van der Waals surface area contributed by atoms with Crippen LogP contribution in [-0.2, 0) is 6.42 Å². The van der Waals surface area contributed by atoms with Gasteiger partial charge in [0.15, 0.2) is 5.69 Å². The lowest BCUT2D eigenvalue weighted by molar-refractivity contribution is 0.0919. The number of aromatic nitrogens is 3. The molecule has 0 atom stereocenters. The van der Waals surface area contributed by atoms with Crippen molar-refractivity contribution in [3.63, 3.8) is 0 Å². The van der Waals surface area contributed by atoms with Gasteiger partial charge in [0.2, 0.25) is 0 Å². The van der Waals surface area contributed by atoms with Crippen LogP contribution in [0.15, 0.2) is 24.3 Å². The first kappa shape index (κ1) is 19.7. The number of hydrogen-bond donors (Lipinski definition) is 2. The zero-order chi connectivity index (χ0) is 17.1. The molecule has 0 bridgehead atoms. The average Bonchev–Trinajstić information content (AvgIpc) is 3.01. The van der Waals surface area contributed by atoms with Crippen molar-refractivity contribution in [3.05, 3.63) is 40.7 Å². The molecule has 3 rings (SSSR count). The zero-order valence-electron chi connectivity index (χ0n) is 14.1. The van der Waals surface area contributed by atoms with Gasteiger partial charge in [0.05, 0.1) is 11.4 Å². The van der Waals surface area contributed by atoms with Crippen LogP contribution >= 0.6 is 24.0 Å². The Balaban J connectivity index is 0.00000225. The van der Waals surface area contributed by atoms with Gasteiger partial charge >= 0.3 is 0 Å². The van der Waals surface area contributed by atoms with Gasteiger partial charge in [-0.05, 0) is 50.3 Å². The number of halogens is 2. The molecule has 0 radical (unpaired) electrons. The lowest BCUT2D eigenvalue weighted by Gasteiger charge is -2.26. The number of amides is 1. The van der Waals surface area contributed by atoms with E-state index in [4.69, 9.17) is 17.3 Å². The quantitative estimate of drug-likeness (QED) is 0.849. The Bertz CT molecular complexity index is 726. The zero-order valence-corrected chi connectivity index (χ0v) is 15.7. The minimum Gasteiger partial charge on any atom is -0.348 e. The highest BCUT2D eigenvalue weighted by molar-refractivity contribution is 6.30. The van der Waals surface area contributed by atoms with Crippen molar-refractivity contribution >= 4 is 29.9 Å². The molecule has 136 valence electrons. The van der Waals surface area contributed by atoms with Crippen molar-refractivity contribution in [2.24, 2.45) is 5.73 Å². The summed E-state index contributed by atoms with van der Waals surface area (Å²) < 4.78 is 1.68. The van der Waals surface area contributed by atoms with Crippen LogP contribution < -0.4 is 11.1 Å². The predicted molar refractivity (Wildman–Crippen MR) is 101 cm³/mol. The number of carbonyl (C=O) groups is 1. The van der Waals surface area contributed by atoms with Crippen LogP contribution in [0.4, 0.5) is 0 Å². The van der Waals surface area contributed by atoms with Crippen LogP contribution in [0.5, 0.6) is 0 Å². The third-order valence-electron chi connectivity index (χ3n) is 4.47. The number of benzene rings is 1. The molecule has 1 aromatic heterocycles. The molecular weight excluding hydrogens is 361 g/mol. The van der Waals surface area contributed by atoms with Crippen molar-refractivity contribution < 1.29 is 4.79 Å². The minimum atomic E-state index is -0.166. The molecule has 1 saturated carbocycles. The summed E-state index contributed by atoms with van der Waals surface area (Å²) in [6, 6.07) is 7.77. The summed E-state index contributed by atoms with van der Waals surface area (Å²) in [4.78, 5) is 12.6. The Labute approximate surface area is 158 Å². The lowest BCUT2D eigenvalue weighted by Crippen LogP contribution is -2.40. The molecule has 1 heterocycles. The second-order valence-electron chi connectivity index (χ2n) is 6.22. The Kier molecular flexibility index (Phi) is 6.81. The summed E-state index contributed by atoms with van der Waals surface area (Å²) in [5.41, 5.74) is 7.88. The third-order valence-corrected chi connectivity index (χ3v) is 4.71. The maximum absolute atomic E-state index is 12.6. The highest BCUT2D eigenvalue weighted by Crippen LogP contribution is 2.20. The van der Waals surface area contributed by atoms with Gasteiger partial charge in [0.1, 0.15) is 0 Å². The first-order chi connectivity index (χ1) is 11.6. The lowest BCUT2D eigenvalue weighted by atomic mass is 9.92. The molecule has 8 heteroatoms. The highest BCUT2D eigenvalue weighted by atomic mass is 35.5. The minimum absolute atomic E-state index is 0. The number of carbonyl (C=O) groups excluding carboxylic acids is 1. The fourth-order valence-electron chi connectivity index (χ4n) is 3.13. The Morgan fingerprint density at radius 1 is 1.36 bits per heavy atom. The molecule has 1 fully saturated rings. The number of nitrogens with zero attached hydrogens (tertiary/aromatic N) is 3. The van der Waals surface area contributed by atoms with Gasteiger partial charge in [-0.25, -0.2) is 4.68 Å². The van der Waals surface area contributed by atoms with Gasteiger partial charge in [-0.1, -0.05) is 29.8 Å². The monoisotopic (exact) mass is 383 g/mol. The molecule has 1 aromatic carbocycles. The highest BCUT2D eigenvalue weighted by Gasteiger charge is 2.24. The van der Waals surface area contributed by atoms with Crippen molar-refractivity contribution in [2.75, 3.05) is 0 Å². The van der Waals surface area contributed by atoms with Crippen LogP contribution in [0.2, 0.25) is 5.02 Å². The van der Waals surface area contributed by atoms with E-state index in [1.165, 1.54) is 0 Å². The summed E-state index contributed by atoms with van der Waals surface area (Å²) in [7, 11) is 0. The number of nitrogens with two attached hydrogens (primary N) is 1. The van der Waals surface area contributed by atoms with Crippen molar-refractivity contribution in [1.82, 2.24) is 20.3 Å². The van der Waals surface area contributed by atoms with E-state index in [0.717, 1.165) is 37.1 Å². The smallest absolute Gasteiger partial charge is 0.273 e. The molecule has 2 aromatic rings. The molecule has 0 unspecified atom stereocenters. The normalized spacial score (nSPS) is 20.0. The maximum atomic E-state index is 12.6. The van der Waals surface area contributed by atoms with Crippen molar-refractivity contribution in [1.29, 1.82) is 0 Å². The van der Waals surface area contributed by atoms with Crippen LogP contribution in [0.25, 0.3) is 5.69 Å². The molecule has 3 N–H and O–H groups in total. The van der Waals surface area contributed by atoms with Crippen molar-refractivity contribution in [2.45, 2.75) is 51.1 Å². The van der Waals surface area contributed by atoms with E-state index in [1.54, 1.807) is 16.8 Å². The van der Waals surface area contributed by atoms with Crippen LogP contribution in [0.1, 0.15) is 48.8 Å². The second-order valence-corrected chi connectivity index (χ2v) is 6.65. The molecule has 0 aliphatic heterocycles. The fourth-order valence-corrected chi connectivity index (χ4v) is 3.31. The molecule has 6 nitrogen and oxygen atoms in total. The van der Waals surface area contributed by atoms with E-state index in [2.05, 4.69) is 15.6 Å². The average molecular weight is 384 g/mol. The second kappa shape index (κ2) is 8.65. The van der Waals surface area contributed by atoms with Crippen molar-refractivity contribution in [3.8, 4) is 5.69 Å². The Hall–Kier alpha value is -1.63. The fraction of sp³-hybridized carbons (Fsp3) is 0.471. The Morgan fingerprint density at radius 3 is 2.72 bits per heavy atom. The van der Waals surface area contributed by atoms with E-state index < -0.39 is 0 Å². The SMILES string of the molecule is CCc1c(C(=O)NC2CCC(N)CC2)nnn1-c1cccc(Cl)c1.Cl. The van der Waals surface area contributed by atoms with E-state index >= 15 is 0 Å². The standard InChI is InChI=1S/C17H22ClN5O.ClH/c1-2-15-16(17(24)20-13-8-6-12(19)7-9-13)21-22-23(15)14-5-3-4-11(18)10-14;/h3-5,10,12-13H,2,6-9,19H2,1H3,(H,20,24);1H. The largest absolute Gasteiger partial charge is 0.348 e. The number of nitrogens with one attached hydrogen (secondary N) is 1. The third kappa shape index (κ3) is 4.51.